The zero-order valence-electron chi connectivity index (χ0n) is 13.5. The van der Waals surface area contributed by atoms with Crippen molar-refractivity contribution in [1.29, 1.82) is 0 Å². The molecule has 1 aromatic carbocycles. The quantitative estimate of drug-likeness (QED) is 0.746. The minimum absolute atomic E-state index is 0.271. The lowest BCUT2D eigenvalue weighted by atomic mass is 10.2. The van der Waals surface area contributed by atoms with E-state index in [0.29, 0.717) is 35.7 Å². The van der Waals surface area contributed by atoms with Crippen molar-refractivity contribution in [3.63, 3.8) is 0 Å². The van der Waals surface area contributed by atoms with Crippen LogP contribution in [-0.2, 0) is 6.42 Å². The molecular weight excluding hydrogens is 325 g/mol. The number of amides is 1. The van der Waals surface area contributed by atoms with Gasteiger partial charge in [0, 0.05) is 24.7 Å². The Morgan fingerprint density at radius 3 is 2.84 bits per heavy atom. The van der Waals surface area contributed by atoms with Gasteiger partial charge in [-0.25, -0.2) is 14.4 Å². The molecule has 0 radical (unpaired) electrons. The number of nitrogens with one attached hydrogen (secondary N) is 1. The molecule has 1 amide bonds. The first-order valence-corrected chi connectivity index (χ1v) is 7.65. The fourth-order valence-corrected chi connectivity index (χ4v) is 2.27. The van der Waals surface area contributed by atoms with Crippen molar-refractivity contribution in [2.45, 2.75) is 6.42 Å². The number of hydrogen-bond donors (Lipinski definition) is 1. The molecule has 1 N–H and O–H groups in total. The largest absolute Gasteiger partial charge is 0.480 e. The maximum absolute atomic E-state index is 12.9. The Morgan fingerprint density at radius 1 is 1.28 bits per heavy atom. The summed E-state index contributed by atoms with van der Waals surface area (Å²) in [4.78, 5) is 20.5. The minimum atomic E-state index is -0.316. The fourth-order valence-electron chi connectivity index (χ4n) is 2.27. The highest BCUT2D eigenvalue weighted by Gasteiger charge is 2.13. The van der Waals surface area contributed by atoms with Crippen molar-refractivity contribution in [1.82, 2.24) is 15.3 Å². The highest BCUT2D eigenvalue weighted by molar-refractivity contribution is 5.96. The molecule has 0 saturated heterocycles. The second-order valence-corrected chi connectivity index (χ2v) is 5.22. The number of carbonyl (C=O) groups is 1. The third-order valence-electron chi connectivity index (χ3n) is 3.52. The Labute approximate surface area is 143 Å². The summed E-state index contributed by atoms with van der Waals surface area (Å²) in [6, 6.07) is 9.21. The van der Waals surface area contributed by atoms with Crippen molar-refractivity contribution in [2.75, 3.05) is 13.7 Å². The van der Waals surface area contributed by atoms with Gasteiger partial charge in [-0.05, 0) is 36.4 Å². The Balaban J connectivity index is 1.57. The van der Waals surface area contributed by atoms with E-state index in [4.69, 9.17) is 9.15 Å². The second-order valence-electron chi connectivity index (χ2n) is 5.22. The molecule has 0 bridgehead atoms. The number of benzene rings is 1. The van der Waals surface area contributed by atoms with Crippen molar-refractivity contribution >= 4 is 5.91 Å². The summed E-state index contributed by atoms with van der Waals surface area (Å²) in [5.74, 6) is 0.103. The molecule has 2 heterocycles. The number of ether oxygens (including phenoxy) is 1. The number of nitrogens with zero attached hydrogens (tertiary/aromatic N) is 2. The number of pyridine rings is 1. The van der Waals surface area contributed by atoms with Crippen LogP contribution in [0.25, 0.3) is 11.5 Å². The molecular formula is C18H16FN3O3. The van der Waals surface area contributed by atoms with Gasteiger partial charge < -0.3 is 14.5 Å². The third-order valence-corrected chi connectivity index (χ3v) is 3.52. The topological polar surface area (TPSA) is 77.2 Å². The van der Waals surface area contributed by atoms with Gasteiger partial charge in [0.25, 0.3) is 5.91 Å². The standard InChI is InChI=1S/C18H16FN3O3/c1-24-18-15(3-2-9-21-18)16(23)20-10-8-14-11-25-17(22-14)12-4-6-13(19)7-5-12/h2-7,9,11H,8,10H2,1H3,(H,20,23). The van der Waals surface area contributed by atoms with Crippen LogP contribution in [0, 0.1) is 5.82 Å². The second kappa shape index (κ2) is 7.57. The Hall–Kier alpha value is -3.22. The Kier molecular flexibility index (Phi) is 5.03. The first-order valence-electron chi connectivity index (χ1n) is 7.65. The molecule has 128 valence electrons. The molecule has 7 heteroatoms. The van der Waals surface area contributed by atoms with Gasteiger partial charge in [-0.15, -0.1) is 0 Å². The molecule has 0 spiro atoms. The van der Waals surface area contributed by atoms with E-state index in [0.717, 1.165) is 0 Å². The number of carbonyl (C=O) groups excluding carboxylic acids is 1. The molecule has 3 aromatic rings. The smallest absolute Gasteiger partial charge is 0.256 e. The summed E-state index contributed by atoms with van der Waals surface area (Å²) in [6.07, 6.45) is 3.58. The van der Waals surface area contributed by atoms with E-state index >= 15 is 0 Å². The summed E-state index contributed by atoms with van der Waals surface area (Å²) < 4.78 is 23.4. The van der Waals surface area contributed by atoms with E-state index in [2.05, 4.69) is 15.3 Å². The van der Waals surface area contributed by atoms with Crippen molar-refractivity contribution in [3.05, 3.63) is 65.9 Å². The molecule has 0 atom stereocenters. The molecule has 3 rings (SSSR count). The van der Waals surface area contributed by atoms with E-state index in [1.165, 1.54) is 25.5 Å². The van der Waals surface area contributed by atoms with Gasteiger partial charge >= 0.3 is 0 Å². The summed E-state index contributed by atoms with van der Waals surface area (Å²) >= 11 is 0. The van der Waals surface area contributed by atoms with Crippen LogP contribution in [0.4, 0.5) is 4.39 Å². The van der Waals surface area contributed by atoms with Crippen molar-refractivity contribution in [2.24, 2.45) is 0 Å². The monoisotopic (exact) mass is 341 g/mol. The highest BCUT2D eigenvalue weighted by atomic mass is 19.1. The molecule has 2 aromatic heterocycles. The SMILES string of the molecule is COc1ncccc1C(=O)NCCc1coc(-c2ccc(F)cc2)n1. The Morgan fingerprint density at radius 2 is 2.08 bits per heavy atom. The first kappa shape index (κ1) is 16.6. The normalized spacial score (nSPS) is 10.5. The van der Waals surface area contributed by atoms with Crippen molar-refractivity contribution in [3.8, 4) is 17.3 Å². The molecule has 0 unspecified atom stereocenters. The molecule has 0 saturated carbocycles. The van der Waals surface area contributed by atoms with E-state index in [-0.39, 0.29) is 17.6 Å². The van der Waals surface area contributed by atoms with Gasteiger partial charge in [0.05, 0.1) is 12.8 Å². The average molecular weight is 341 g/mol. The van der Waals surface area contributed by atoms with Gasteiger partial charge in [0.15, 0.2) is 0 Å². The van der Waals surface area contributed by atoms with E-state index in [1.54, 1.807) is 30.5 Å². The zero-order chi connectivity index (χ0) is 17.6. The summed E-state index contributed by atoms with van der Waals surface area (Å²) in [5.41, 5.74) is 1.76. The predicted molar refractivity (Wildman–Crippen MR) is 88.7 cm³/mol. The molecule has 0 aliphatic heterocycles. The molecule has 0 aliphatic rings. The number of halogens is 1. The molecule has 25 heavy (non-hydrogen) atoms. The number of methoxy groups -OCH3 is 1. The lowest BCUT2D eigenvalue weighted by Crippen LogP contribution is -2.26. The summed E-state index contributed by atoms with van der Waals surface area (Å²) in [5, 5.41) is 2.79. The van der Waals surface area contributed by atoms with Crippen LogP contribution in [0.3, 0.4) is 0 Å². The number of rotatable bonds is 6. The van der Waals surface area contributed by atoms with Crippen LogP contribution in [0.2, 0.25) is 0 Å². The number of oxazole rings is 1. The lowest BCUT2D eigenvalue weighted by Gasteiger charge is -2.07. The van der Waals surface area contributed by atoms with Crippen LogP contribution in [0.5, 0.6) is 5.88 Å². The third kappa shape index (κ3) is 4.00. The van der Waals surface area contributed by atoms with Gasteiger partial charge in [-0.3, -0.25) is 4.79 Å². The number of hydrogen-bond acceptors (Lipinski definition) is 5. The number of aromatic nitrogens is 2. The zero-order valence-corrected chi connectivity index (χ0v) is 13.5. The van der Waals surface area contributed by atoms with Gasteiger partial charge in [0.1, 0.15) is 17.6 Å². The van der Waals surface area contributed by atoms with Gasteiger partial charge in [-0.2, -0.15) is 0 Å². The van der Waals surface area contributed by atoms with Crippen molar-refractivity contribution < 1.29 is 18.3 Å². The van der Waals surface area contributed by atoms with Gasteiger partial charge in [0.2, 0.25) is 11.8 Å². The highest BCUT2D eigenvalue weighted by Crippen LogP contribution is 2.19. The van der Waals surface area contributed by atoms with E-state index in [1.807, 2.05) is 0 Å². The summed E-state index contributed by atoms with van der Waals surface area (Å²) in [7, 11) is 1.46. The lowest BCUT2D eigenvalue weighted by molar-refractivity contribution is 0.0950. The van der Waals surface area contributed by atoms with Gasteiger partial charge in [-0.1, -0.05) is 0 Å². The molecule has 0 fully saturated rings. The van der Waals surface area contributed by atoms with Crippen LogP contribution in [-0.4, -0.2) is 29.5 Å². The average Bonchev–Trinajstić information content (AvgIpc) is 3.11. The van der Waals surface area contributed by atoms with Crippen LogP contribution in [0.15, 0.2) is 53.3 Å². The molecule has 6 nitrogen and oxygen atoms in total. The van der Waals surface area contributed by atoms with Crippen LogP contribution in [0.1, 0.15) is 16.1 Å². The van der Waals surface area contributed by atoms with E-state index in [9.17, 15) is 9.18 Å². The van der Waals surface area contributed by atoms with E-state index < -0.39 is 0 Å². The van der Waals surface area contributed by atoms with Crippen LogP contribution >= 0.6 is 0 Å². The summed E-state index contributed by atoms with van der Waals surface area (Å²) in [6.45, 7) is 0.381. The predicted octanol–water partition coefficient (Wildman–Crippen LogP) is 2.86. The molecule has 0 aliphatic carbocycles. The Bertz CT molecular complexity index is 862. The maximum atomic E-state index is 12.9. The first-order chi connectivity index (χ1) is 12.2. The fraction of sp³-hybridized carbons (Fsp3) is 0.167. The maximum Gasteiger partial charge on any atom is 0.256 e. The van der Waals surface area contributed by atoms with Crippen LogP contribution < -0.4 is 10.1 Å². The minimum Gasteiger partial charge on any atom is -0.480 e.